The molecule has 370 valence electrons. The Morgan fingerprint density at radius 3 is 1.41 bits per heavy atom. The first-order valence-corrected chi connectivity index (χ1v) is 22.8. The summed E-state index contributed by atoms with van der Waals surface area (Å²) in [5, 5.41) is 51.2. The molecule has 0 aliphatic carbocycles. The number of carboxylic acids is 1. The number of rotatable bonds is 29. The van der Waals surface area contributed by atoms with Crippen LogP contribution in [0.2, 0.25) is 5.02 Å². The number of aliphatic carboxylic acids is 1. The summed E-state index contributed by atoms with van der Waals surface area (Å²) in [6, 6.07) is 13.6. The minimum absolute atomic E-state index is 0. The molecule has 13 nitrogen and oxygen atoms in total. The molecule has 0 aliphatic heterocycles. The Hall–Kier alpha value is -0.430. The van der Waals surface area contributed by atoms with Crippen molar-refractivity contribution in [3.8, 4) is 23.0 Å². The number of ether oxygens (including phenoxy) is 1. The van der Waals surface area contributed by atoms with Gasteiger partial charge >= 0.3 is 148 Å². The minimum Gasteiger partial charge on any atom is -0.872 e. The zero-order valence-corrected chi connectivity index (χ0v) is 53.9. The molecule has 0 aromatic heterocycles. The number of nitrogens with one attached hydrogen (secondary N) is 2. The number of halogens is 1. The van der Waals surface area contributed by atoms with Crippen molar-refractivity contribution >= 4 is 46.7 Å². The molecular weight excluding hydrogens is 979 g/mol. The number of benzene rings is 3. The fraction of sp³-hybridized carbons (Fsp3) is 0.538. The number of aryl methyl sites for hydroxylation is 1. The molecule has 0 saturated heterocycles. The summed E-state index contributed by atoms with van der Waals surface area (Å²) in [6.07, 6.45) is 16.7. The Kier molecular flexibility index (Phi) is 63.1. The van der Waals surface area contributed by atoms with Crippen molar-refractivity contribution in [1.29, 1.82) is 0 Å². The Morgan fingerprint density at radius 1 is 0.521 bits per heavy atom. The molecule has 0 fully saturated rings. The fourth-order valence-corrected chi connectivity index (χ4v) is 6.59. The monoisotopic (exact) mass is 1050 g/mol. The van der Waals surface area contributed by atoms with Gasteiger partial charge in [0.1, 0.15) is 17.3 Å². The number of para-hydroxylation sites is 1. The molecule has 0 heterocycles. The first kappa shape index (κ1) is 84.5. The van der Waals surface area contributed by atoms with Crippen molar-refractivity contribution in [2.24, 2.45) is 0 Å². The van der Waals surface area contributed by atoms with Gasteiger partial charge in [-0.2, -0.15) is 0 Å². The Balaban J connectivity index is -0.000000165. The van der Waals surface area contributed by atoms with Gasteiger partial charge in [0.25, 0.3) is 11.8 Å². The number of hydrogen-bond acceptors (Lipinski definition) is 11. The molecule has 2 N–H and O–H groups in total. The number of carbonyl (C=O) groups excluding carboxylic acids is 6. The van der Waals surface area contributed by atoms with Crippen LogP contribution in [0.5, 0.6) is 23.0 Å². The predicted octanol–water partition coefficient (Wildman–Crippen LogP) is -6.08. The van der Waals surface area contributed by atoms with E-state index in [-0.39, 0.29) is 232 Å². The third kappa shape index (κ3) is 42.4. The van der Waals surface area contributed by atoms with E-state index in [1.54, 1.807) is 45.0 Å². The molecule has 2 amide bonds. The second-order valence-electron chi connectivity index (χ2n) is 15.8. The topological polar surface area (TPSA) is 228 Å². The summed E-state index contributed by atoms with van der Waals surface area (Å²) in [5.74, 6) is -1.68. The smallest absolute Gasteiger partial charge is 0.872 e. The van der Waals surface area contributed by atoms with E-state index < -0.39 is 5.97 Å². The molecule has 0 saturated carbocycles. The van der Waals surface area contributed by atoms with Gasteiger partial charge in [-0.25, -0.2) is 0 Å². The average Bonchev–Trinajstić information content (AvgIpc) is 3.25. The third-order valence-corrected chi connectivity index (χ3v) is 10.4. The zero-order chi connectivity index (χ0) is 47.7. The van der Waals surface area contributed by atoms with Gasteiger partial charge in [-0.3, -0.25) is 14.4 Å². The minimum atomic E-state index is -1.00. The summed E-state index contributed by atoms with van der Waals surface area (Å²) in [5.41, 5.74) is 1.11. The van der Waals surface area contributed by atoms with Crippen LogP contribution in [0.4, 0.5) is 0 Å². The summed E-state index contributed by atoms with van der Waals surface area (Å²) < 4.78 is 4.94. The molecule has 19 heteroatoms. The summed E-state index contributed by atoms with van der Waals surface area (Å²) >= 11 is 5.77. The molecule has 0 atom stereocenters. The van der Waals surface area contributed by atoms with Crippen LogP contribution in [0.15, 0.2) is 54.6 Å². The molecule has 3 rings (SSSR count). The van der Waals surface area contributed by atoms with E-state index in [1.807, 2.05) is 0 Å². The van der Waals surface area contributed by atoms with E-state index in [9.17, 15) is 49.2 Å². The fourth-order valence-electron chi connectivity index (χ4n) is 6.42. The zero-order valence-electron chi connectivity index (χ0n) is 43.1. The molecule has 0 radical (unpaired) electrons. The second-order valence-corrected chi connectivity index (χ2v) is 16.3. The van der Waals surface area contributed by atoms with E-state index in [0.717, 1.165) is 96.3 Å². The maximum Gasteiger partial charge on any atom is 1.00 e. The third-order valence-electron chi connectivity index (χ3n) is 10.1. The van der Waals surface area contributed by atoms with Crippen molar-refractivity contribution in [1.82, 2.24) is 10.6 Å². The number of hydrogen-bond donors (Lipinski definition) is 2. The van der Waals surface area contributed by atoms with Gasteiger partial charge < -0.3 is 50.2 Å². The number of unbranched alkanes of at least 4 members (excludes halogenated alkanes) is 13. The van der Waals surface area contributed by atoms with Crippen LogP contribution >= 0.6 is 11.6 Å². The SMILES string of the molecule is C.C.CC(=O)CCCCCCCNC(=O)c1cc(Cl)ccc1[O-].CC(=O)CCCCCCCNC(=O)c1cccc(C)c1[O-].COc1ccc(C(=O)CCCCCCCCC(=O)[O-])c([O-])c1.[Na+].[Na+].[Na+].[Na+].[Na+]. The van der Waals surface area contributed by atoms with Crippen LogP contribution < -0.4 is 184 Å². The van der Waals surface area contributed by atoms with Crippen molar-refractivity contribution in [3.63, 3.8) is 0 Å². The van der Waals surface area contributed by atoms with E-state index in [1.165, 1.54) is 37.4 Å². The van der Waals surface area contributed by atoms with Crippen LogP contribution in [-0.2, 0) is 14.4 Å². The van der Waals surface area contributed by atoms with Crippen LogP contribution in [-0.4, -0.2) is 55.3 Å². The maximum atomic E-state index is 12.0. The number of Topliss-reactive ketones (excluding diaryl/α,β-unsaturated/α-hetero) is 3. The van der Waals surface area contributed by atoms with Crippen LogP contribution in [0, 0.1) is 6.92 Å². The number of carboxylic acid groups (broad SMARTS) is 1. The summed E-state index contributed by atoms with van der Waals surface area (Å²) in [7, 11) is 1.48. The van der Waals surface area contributed by atoms with Crippen molar-refractivity contribution in [2.75, 3.05) is 20.2 Å². The molecule has 0 unspecified atom stereocenters. The van der Waals surface area contributed by atoms with E-state index in [0.29, 0.717) is 55.1 Å². The molecule has 0 bridgehead atoms. The molecule has 3 aromatic rings. The second kappa shape index (κ2) is 53.0. The van der Waals surface area contributed by atoms with Gasteiger partial charge in [-0.05, 0) is 96.0 Å². The van der Waals surface area contributed by atoms with Gasteiger partial charge in [0.05, 0.1) is 7.11 Å². The van der Waals surface area contributed by atoms with Crippen LogP contribution in [0.25, 0.3) is 0 Å². The first-order valence-electron chi connectivity index (χ1n) is 22.4. The maximum absolute atomic E-state index is 12.0. The largest absolute Gasteiger partial charge is 1.00 e. The Bertz CT molecular complexity index is 1890. The van der Waals surface area contributed by atoms with Gasteiger partial charge in [-0.1, -0.05) is 138 Å². The van der Waals surface area contributed by atoms with E-state index in [2.05, 4.69) is 10.6 Å². The number of amides is 2. The Morgan fingerprint density at radius 2 is 0.958 bits per heavy atom. The van der Waals surface area contributed by atoms with Crippen molar-refractivity contribution in [3.05, 3.63) is 81.9 Å². The van der Waals surface area contributed by atoms with Crippen molar-refractivity contribution in [2.45, 2.75) is 164 Å². The number of ketones is 3. The summed E-state index contributed by atoms with van der Waals surface area (Å²) in [4.78, 5) is 67.4. The van der Waals surface area contributed by atoms with E-state index >= 15 is 0 Å². The molecule has 0 aliphatic rings. The standard InChI is InChI=1S/C17H25NO3.C17H24O5.C16H22ClNO3.2CH4.5Na/c1-13-9-8-11-15(16(13)20)17(21)18-12-7-5-3-4-6-10-14(2)19;1-22-13-10-11-14(16(19)12-13)15(18)8-6-4-2-3-5-7-9-17(20)21;1-12(19)7-5-3-2-4-6-10-18-16(21)14-11-13(17)8-9-15(14)20;;;;;;;/h8-9,11,20H,3-7,10,12H2,1-2H3,(H,18,21);10-12,19H,2-9H2,1H3,(H,20,21);8-9,11,20H,2-7,10H2,1H3,(H,18,21);2*1H4;;;;;/q;;;;;5*+1/p-4. The van der Waals surface area contributed by atoms with E-state index in [4.69, 9.17) is 16.3 Å². The first-order chi connectivity index (χ1) is 30.6. The summed E-state index contributed by atoms with van der Waals surface area (Å²) in [6.45, 7) is 6.05. The predicted molar refractivity (Wildman–Crippen MR) is 255 cm³/mol. The van der Waals surface area contributed by atoms with Gasteiger partial charge in [0.15, 0.2) is 5.78 Å². The van der Waals surface area contributed by atoms with Crippen molar-refractivity contribution < 1.29 is 202 Å². The average molecular weight is 1050 g/mol. The van der Waals surface area contributed by atoms with Gasteiger partial charge in [0, 0.05) is 60.0 Å². The number of carbonyl (C=O) groups is 6. The molecular formula is C52H75ClN2Na5O11+. The van der Waals surface area contributed by atoms with Gasteiger partial charge in [0.2, 0.25) is 0 Å². The van der Waals surface area contributed by atoms with Crippen LogP contribution in [0.3, 0.4) is 0 Å². The van der Waals surface area contributed by atoms with Crippen LogP contribution in [0.1, 0.15) is 194 Å². The molecule has 0 spiro atoms. The normalized spacial score (nSPS) is 9.37. The molecule has 3 aromatic carbocycles. The molecule has 71 heavy (non-hydrogen) atoms. The van der Waals surface area contributed by atoms with Gasteiger partial charge in [-0.15, -0.1) is 0 Å². The quantitative estimate of drug-likeness (QED) is 0.0378. The number of methoxy groups -OCH3 is 1. The Labute approximate surface area is 541 Å².